The molecule has 1 aliphatic heterocycles. The van der Waals surface area contributed by atoms with Gasteiger partial charge in [-0.15, -0.1) is 0 Å². The van der Waals surface area contributed by atoms with Gasteiger partial charge in [0, 0.05) is 13.3 Å². The standard InChI is InChI=1S/C12H15ClN4O4/c1-20-8-7(19)6(4-18)21-11(8)17-3-2-5-9(13)15-12(14)16-10(5)17/h2-3,6-8,11,18-19H,4H2,1H3,(H2,14,15,16). The quantitative estimate of drug-likeness (QED) is 0.679. The molecule has 2 aromatic heterocycles. The lowest BCUT2D eigenvalue weighted by molar-refractivity contribution is -0.0580. The molecule has 114 valence electrons. The predicted molar refractivity (Wildman–Crippen MR) is 74.8 cm³/mol. The third kappa shape index (κ3) is 2.25. The Morgan fingerprint density at radius 2 is 2.29 bits per heavy atom. The molecule has 3 heterocycles. The maximum atomic E-state index is 10.1. The number of anilines is 1. The summed E-state index contributed by atoms with van der Waals surface area (Å²) in [6.07, 6.45) is -1.27. The number of fused-ring (bicyclic) bond motifs is 1. The second kappa shape index (κ2) is 5.39. The zero-order valence-electron chi connectivity index (χ0n) is 11.2. The van der Waals surface area contributed by atoms with Gasteiger partial charge in [0.2, 0.25) is 5.95 Å². The monoisotopic (exact) mass is 314 g/mol. The van der Waals surface area contributed by atoms with Crippen LogP contribution in [0.1, 0.15) is 6.23 Å². The summed E-state index contributed by atoms with van der Waals surface area (Å²) in [4.78, 5) is 8.04. The van der Waals surface area contributed by atoms with E-state index in [1.165, 1.54) is 7.11 Å². The lowest BCUT2D eigenvalue weighted by Gasteiger charge is -2.20. The number of aliphatic hydroxyl groups is 2. The summed E-state index contributed by atoms with van der Waals surface area (Å²) in [7, 11) is 1.46. The van der Waals surface area contributed by atoms with Crippen LogP contribution in [0.5, 0.6) is 0 Å². The fourth-order valence-electron chi connectivity index (χ4n) is 2.57. The summed E-state index contributed by atoms with van der Waals surface area (Å²) < 4.78 is 12.6. The Morgan fingerprint density at radius 3 is 2.95 bits per heavy atom. The fraction of sp³-hybridized carbons (Fsp3) is 0.500. The minimum atomic E-state index is -0.947. The number of ether oxygens (including phenoxy) is 2. The van der Waals surface area contributed by atoms with Crippen LogP contribution in [0.4, 0.5) is 5.95 Å². The van der Waals surface area contributed by atoms with Gasteiger partial charge in [-0.2, -0.15) is 4.98 Å². The Balaban J connectivity index is 2.08. The van der Waals surface area contributed by atoms with Crippen LogP contribution in [0.15, 0.2) is 12.3 Å². The zero-order valence-corrected chi connectivity index (χ0v) is 11.9. The number of halogens is 1. The van der Waals surface area contributed by atoms with Gasteiger partial charge in [0.25, 0.3) is 0 Å². The zero-order chi connectivity index (χ0) is 15.1. The van der Waals surface area contributed by atoms with E-state index in [-0.39, 0.29) is 17.7 Å². The number of aromatic nitrogens is 3. The lowest BCUT2D eigenvalue weighted by Crippen LogP contribution is -2.34. The van der Waals surface area contributed by atoms with Gasteiger partial charge in [-0.1, -0.05) is 11.6 Å². The molecule has 0 amide bonds. The third-order valence-corrected chi connectivity index (χ3v) is 3.87. The second-order valence-corrected chi connectivity index (χ2v) is 5.13. The van der Waals surface area contributed by atoms with E-state index in [0.717, 1.165) is 0 Å². The number of hydrogen-bond donors (Lipinski definition) is 3. The predicted octanol–water partition coefficient (Wildman–Crippen LogP) is -0.0675. The Morgan fingerprint density at radius 1 is 1.52 bits per heavy atom. The van der Waals surface area contributed by atoms with Gasteiger partial charge in [0.1, 0.15) is 29.1 Å². The Labute approximate surface area is 125 Å². The first-order valence-corrected chi connectivity index (χ1v) is 6.71. The number of hydrogen-bond acceptors (Lipinski definition) is 7. The van der Waals surface area contributed by atoms with Crippen LogP contribution in [0, 0.1) is 0 Å². The molecule has 21 heavy (non-hydrogen) atoms. The van der Waals surface area contributed by atoms with Crippen LogP contribution in [-0.2, 0) is 9.47 Å². The Hall–Kier alpha value is -1.45. The van der Waals surface area contributed by atoms with Crippen molar-refractivity contribution in [1.29, 1.82) is 0 Å². The number of aliphatic hydroxyl groups excluding tert-OH is 2. The fourth-order valence-corrected chi connectivity index (χ4v) is 2.80. The van der Waals surface area contributed by atoms with E-state index in [4.69, 9.17) is 26.8 Å². The highest BCUT2D eigenvalue weighted by molar-refractivity contribution is 6.34. The molecule has 4 N–H and O–H groups in total. The van der Waals surface area contributed by atoms with Crippen molar-refractivity contribution in [2.45, 2.75) is 24.5 Å². The van der Waals surface area contributed by atoms with Gasteiger partial charge >= 0.3 is 0 Å². The van der Waals surface area contributed by atoms with E-state index in [1.54, 1.807) is 16.8 Å². The molecule has 0 aliphatic carbocycles. The average molecular weight is 315 g/mol. The van der Waals surface area contributed by atoms with Crippen molar-refractivity contribution in [2.75, 3.05) is 19.5 Å². The normalized spacial score (nSPS) is 29.3. The third-order valence-electron chi connectivity index (χ3n) is 3.58. The topological polar surface area (TPSA) is 116 Å². The molecule has 9 heteroatoms. The average Bonchev–Trinajstić information content (AvgIpc) is 2.99. The van der Waals surface area contributed by atoms with E-state index in [9.17, 15) is 10.2 Å². The molecule has 0 bridgehead atoms. The number of nitrogens with two attached hydrogens (primary N) is 1. The highest BCUT2D eigenvalue weighted by Gasteiger charge is 2.45. The van der Waals surface area contributed by atoms with Crippen LogP contribution in [0.2, 0.25) is 5.15 Å². The van der Waals surface area contributed by atoms with Gasteiger partial charge in [-0.25, -0.2) is 4.98 Å². The molecule has 2 aromatic rings. The largest absolute Gasteiger partial charge is 0.394 e. The van der Waals surface area contributed by atoms with Crippen LogP contribution in [0.3, 0.4) is 0 Å². The molecule has 0 aromatic carbocycles. The van der Waals surface area contributed by atoms with Crippen LogP contribution >= 0.6 is 11.6 Å². The summed E-state index contributed by atoms with van der Waals surface area (Å²) in [5.41, 5.74) is 6.10. The molecule has 4 unspecified atom stereocenters. The molecule has 8 nitrogen and oxygen atoms in total. The number of methoxy groups -OCH3 is 1. The van der Waals surface area contributed by atoms with Crippen molar-refractivity contribution in [3.63, 3.8) is 0 Å². The van der Waals surface area contributed by atoms with Crippen molar-refractivity contribution in [3.8, 4) is 0 Å². The maximum Gasteiger partial charge on any atom is 0.223 e. The minimum Gasteiger partial charge on any atom is -0.394 e. The summed E-state index contributed by atoms with van der Waals surface area (Å²) >= 11 is 6.03. The number of nitrogens with zero attached hydrogens (tertiary/aromatic N) is 3. The van der Waals surface area contributed by atoms with Crippen molar-refractivity contribution in [3.05, 3.63) is 17.4 Å². The Kier molecular flexibility index (Phi) is 3.72. The molecule has 4 atom stereocenters. The molecular formula is C12H15ClN4O4. The van der Waals surface area contributed by atoms with E-state index < -0.39 is 24.5 Å². The molecule has 0 radical (unpaired) electrons. The smallest absolute Gasteiger partial charge is 0.223 e. The molecular weight excluding hydrogens is 300 g/mol. The van der Waals surface area contributed by atoms with E-state index in [0.29, 0.717) is 11.0 Å². The van der Waals surface area contributed by atoms with Crippen LogP contribution in [-0.4, -0.2) is 56.8 Å². The molecule has 1 fully saturated rings. The van der Waals surface area contributed by atoms with Crippen LogP contribution in [0.25, 0.3) is 11.0 Å². The second-order valence-electron chi connectivity index (χ2n) is 4.77. The van der Waals surface area contributed by atoms with E-state index in [2.05, 4.69) is 9.97 Å². The maximum absolute atomic E-state index is 10.1. The first-order valence-electron chi connectivity index (χ1n) is 6.33. The first-order chi connectivity index (χ1) is 10.1. The first kappa shape index (κ1) is 14.5. The number of rotatable bonds is 3. The van der Waals surface area contributed by atoms with E-state index >= 15 is 0 Å². The summed E-state index contributed by atoms with van der Waals surface area (Å²) in [5, 5.41) is 20.2. The summed E-state index contributed by atoms with van der Waals surface area (Å²) in [5.74, 6) is 0.0404. The summed E-state index contributed by atoms with van der Waals surface area (Å²) in [6, 6.07) is 1.73. The number of nitrogen functional groups attached to an aromatic ring is 1. The van der Waals surface area contributed by atoms with Gasteiger partial charge in [0.15, 0.2) is 6.23 Å². The molecule has 1 saturated heterocycles. The van der Waals surface area contributed by atoms with Gasteiger partial charge < -0.3 is 30.0 Å². The highest BCUT2D eigenvalue weighted by Crippen LogP contribution is 2.34. The van der Waals surface area contributed by atoms with Crippen molar-refractivity contribution in [2.24, 2.45) is 0 Å². The van der Waals surface area contributed by atoms with Gasteiger partial charge in [-0.3, -0.25) is 0 Å². The van der Waals surface area contributed by atoms with E-state index in [1.807, 2.05) is 0 Å². The lowest BCUT2D eigenvalue weighted by atomic mass is 10.1. The SMILES string of the molecule is COC1C(O)C(CO)OC1n1ccc2c(Cl)nc(N)nc21. The van der Waals surface area contributed by atoms with Crippen molar-refractivity contribution >= 4 is 28.6 Å². The minimum absolute atomic E-state index is 0.0404. The molecule has 0 spiro atoms. The highest BCUT2D eigenvalue weighted by atomic mass is 35.5. The summed E-state index contributed by atoms with van der Waals surface area (Å²) in [6.45, 7) is -0.311. The molecule has 0 saturated carbocycles. The van der Waals surface area contributed by atoms with Crippen molar-refractivity contribution < 1.29 is 19.7 Å². The van der Waals surface area contributed by atoms with Crippen molar-refractivity contribution in [1.82, 2.24) is 14.5 Å². The van der Waals surface area contributed by atoms with Gasteiger partial charge in [0.05, 0.1) is 12.0 Å². The van der Waals surface area contributed by atoms with Gasteiger partial charge in [-0.05, 0) is 6.07 Å². The van der Waals surface area contributed by atoms with Crippen LogP contribution < -0.4 is 5.73 Å². The Bertz CT molecular complexity index is 664. The molecule has 1 aliphatic rings. The molecule has 3 rings (SSSR count).